The van der Waals surface area contributed by atoms with E-state index in [-0.39, 0.29) is 11.9 Å². The van der Waals surface area contributed by atoms with Crippen LogP contribution in [0, 0.1) is 0 Å². The molecule has 0 spiro atoms. The van der Waals surface area contributed by atoms with E-state index in [9.17, 15) is 0 Å². The Kier molecular flexibility index (Phi) is 2.72. The van der Waals surface area contributed by atoms with Crippen molar-refractivity contribution in [1.29, 1.82) is 0 Å². The molecular formula is C11H16N6. The zero-order valence-electron chi connectivity index (χ0n) is 9.88. The van der Waals surface area contributed by atoms with Crippen molar-refractivity contribution in [2.45, 2.75) is 5.79 Å². The Balaban J connectivity index is 2.58. The van der Waals surface area contributed by atoms with E-state index in [0.717, 1.165) is 5.56 Å². The summed E-state index contributed by atoms with van der Waals surface area (Å²) in [4.78, 5) is 10.6. The molecule has 17 heavy (non-hydrogen) atoms. The van der Waals surface area contributed by atoms with Crippen LogP contribution in [-0.2, 0) is 5.79 Å². The van der Waals surface area contributed by atoms with Gasteiger partial charge in [-0.3, -0.25) is 10.2 Å². The minimum absolute atomic E-state index is 0.259. The van der Waals surface area contributed by atoms with Crippen molar-refractivity contribution < 1.29 is 0 Å². The zero-order chi connectivity index (χ0) is 12.5. The van der Waals surface area contributed by atoms with E-state index in [0.29, 0.717) is 0 Å². The summed E-state index contributed by atoms with van der Waals surface area (Å²) >= 11 is 0. The monoisotopic (exact) mass is 232 g/mol. The Hall–Kier alpha value is -2.08. The molecule has 2 rings (SSSR count). The molecule has 6 heteroatoms. The average Bonchev–Trinajstić information content (AvgIpc) is 2.28. The Morgan fingerprint density at radius 1 is 1.06 bits per heavy atom. The Bertz CT molecular complexity index is 444. The molecule has 1 aromatic carbocycles. The highest BCUT2D eigenvalue weighted by atomic mass is 15.4. The Labute approximate surface area is 100 Å². The maximum Gasteiger partial charge on any atom is 0.240 e. The summed E-state index contributed by atoms with van der Waals surface area (Å²) in [6, 6.07) is 9.69. The van der Waals surface area contributed by atoms with Gasteiger partial charge in [0.1, 0.15) is 0 Å². The van der Waals surface area contributed by atoms with Gasteiger partial charge in [0.15, 0.2) is 11.9 Å². The number of guanidine groups is 2. The number of benzene rings is 1. The lowest BCUT2D eigenvalue weighted by atomic mass is 10.1. The van der Waals surface area contributed by atoms with Crippen molar-refractivity contribution in [3.05, 3.63) is 35.9 Å². The third-order valence-corrected chi connectivity index (χ3v) is 2.59. The summed E-state index contributed by atoms with van der Waals surface area (Å²) in [6.07, 6.45) is 0. The SMILES string of the molecule is CN(C)C1(c2ccccc2)N=C(N)NC(N)=N1. The normalized spacial score (nSPS) is 18.3. The Morgan fingerprint density at radius 3 is 2.06 bits per heavy atom. The van der Waals surface area contributed by atoms with Gasteiger partial charge in [0.05, 0.1) is 0 Å². The predicted molar refractivity (Wildman–Crippen MR) is 68.2 cm³/mol. The number of hydrogen-bond donors (Lipinski definition) is 3. The summed E-state index contributed by atoms with van der Waals surface area (Å²) in [5.41, 5.74) is 12.4. The molecule has 0 aliphatic carbocycles. The lowest BCUT2D eigenvalue weighted by Crippen LogP contribution is -2.52. The molecule has 0 fully saturated rings. The second-order valence-electron chi connectivity index (χ2n) is 4.01. The highest BCUT2D eigenvalue weighted by Gasteiger charge is 2.37. The second-order valence-corrected chi connectivity index (χ2v) is 4.01. The summed E-state index contributed by atoms with van der Waals surface area (Å²) < 4.78 is 0. The first kappa shape index (κ1) is 11.4. The molecule has 90 valence electrons. The topological polar surface area (TPSA) is 92.0 Å². The molecule has 0 bridgehead atoms. The van der Waals surface area contributed by atoms with E-state index in [2.05, 4.69) is 15.3 Å². The third kappa shape index (κ3) is 1.94. The quantitative estimate of drug-likeness (QED) is 0.646. The molecule has 0 aromatic heterocycles. The van der Waals surface area contributed by atoms with E-state index in [1.165, 1.54) is 0 Å². The fraction of sp³-hybridized carbons (Fsp3) is 0.273. The second kappa shape index (κ2) is 4.06. The van der Waals surface area contributed by atoms with Crippen molar-refractivity contribution in [3.63, 3.8) is 0 Å². The third-order valence-electron chi connectivity index (χ3n) is 2.59. The zero-order valence-corrected chi connectivity index (χ0v) is 9.88. The van der Waals surface area contributed by atoms with Crippen molar-refractivity contribution >= 4 is 11.9 Å². The van der Waals surface area contributed by atoms with Gasteiger partial charge < -0.3 is 11.5 Å². The first-order valence-corrected chi connectivity index (χ1v) is 5.25. The van der Waals surface area contributed by atoms with Crippen LogP contribution in [0.4, 0.5) is 0 Å². The van der Waals surface area contributed by atoms with Crippen LogP contribution in [0.25, 0.3) is 0 Å². The van der Waals surface area contributed by atoms with Crippen molar-refractivity contribution in [2.24, 2.45) is 21.5 Å². The number of rotatable bonds is 2. The van der Waals surface area contributed by atoms with Crippen molar-refractivity contribution in [1.82, 2.24) is 10.2 Å². The van der Waals surface area contributed by atoms with Crippen molar-refractivity contribution in [2.75, 3.05) is 14.1 Å². The largest absolute Gasteiger partial charge is 0.369 e. The molecule has 0 amide bonds. The fourth-order valence-electron chi connectivity index (χ4n) is 1.80. The molecule has 0 saturated carbocycles. The van der Waals surface area contributed by atoms with Gasteiger partial charge in [0, 0.05) is 5.56 Å². The predicted octanol–water partition coefficient (Wildman–Crippen LogP) is -0.409. The number of nitrogens with one attached hydrogen (secondary N) is 1. The molecule has 0 radical (unpaired) electrons. The first-order chi connectivity index (χ1) is 8.04. The van der Waals surface area contributed by atoms with Gasteiger partial charge in [-0.1, -0.05) is 30.3 Å². The number of nitrogens with zero attached hydrogens (tertiary/aromatic N) is 3. The summed E-state index contributed by atoms with van der Waals surface area (Å²) in [5, 5.41) is 2.69. The van der Waals surface area contributed by atoms with Gasteiger partial charge in [-0.05, 0) is 14.1 Å². The van der Waals surface area contributed by atoms with E-state index in [1.54, 1.807) is 0 Å². The van der Waals surface area contributed by atoms with Gasteiger partial charge in [-0.15, -0.1) is 0 Å². The van der Waals surface area contributed by atoms with Crippen LogP contribution in [-0.4, -0.2) is 30.9 Å². The van der Waals surface area contributed by atoms with Crippen LogP contribution >= 0.6 is 0 Å². The standard InChI is InChI=1S/C11H16N6/c1-17(2)11(8-6-4-3-5-7-8)15-9(12)14-10(13)16-11/h3-7H,1-2H3,(H5,12,13,14,15,16). The highest BCUT2D eigenvalue weighted by Crippen LogP contribution is 2.30. The van der Waals surface area contributed by atoms with E-state index in [4.69, 9.17) is 11.5 Å². The highest BCUT2D eigenvalue weighted by molar-refractivity contribution is 5.98. The smallest absolute Gasteiger partial charge is 0.240 e. The van der Waals surface area contributed by atoms with E-state index < -0.39 is 5.79 Å². The van der Waals surface area contributed by atoms with Crippen LogP contribution in [0.15, 0.2) is 40.3 Å². The minimum Gasteiger partial charge on any atom is -0.369 e. The maximum absolute atomic E-state index is 5.73. The molecule has 0 unspecified atom stereocenters. The molecule has 5 N–H and O–H groups in total. The van der Waals surface area contributed by atoms with Crippen molar-refractivity contribution in [3.8, 4) is 0 Å². The molecule has 0 atom stereocenters. The first-order valence-electron chi connectivity index (χ1n) is 5.25. The summed E-state index contributed by atoms with van der Waals surface area (Å²) in [7, 11) is 3.76. The average molecular weight is 232 g/mol. The fourth-order valence-corrected chi connectivity index (χ4v) is 1.80. The molecular weight excluding hydrogens is 216 g/mol. The number of nitrogens with two attached hydrogens (primary N) is 2. The van der Waals surface area contributed by atoms with E-state index in [1.807, 2.05) is 49.3 Å². The van der Waals surface area contributed by atoms with Gasteiger partial charge in [-0.25, -0.2) is 9.98 Å². The molecule has 0 saturated heterocycles. The van der Waals surface area contributed by atoms with Crippen LogP contribution in [0.2, 0.25) is 0 Å². The molecule has 1 aliphatic rings. The molecule has 1 heterocycles. The number of aliphatic imine (C=N–C) groups is 2. The van der Waals surface area contributed by atoms with Crippen LogP contribution < -0.4 is 16.8 Å². The summed E-state index contributed by atoms with van der Waals surface area (Å²) in [5.74, 6) is -0.370. The number of hydrogen-bond acceptors (Lipinski definition) is 6. The lowest BCUT2D eigenvalue weighted by molar-refractivity contribution is 0.169. The maximum atomic E-state index is 5.73. The van der Waals surface area contributed by atoms with E-state index >= 15 is 0 Å². The summed E-state index contributed by atoms with van der Waals surface area (Å²) in [6.45, 7) is 0. The molecule has 6 nitrogen and oxygen atoms in total. The van der Waals surface area contributed by atoms with Crippen LogP contribution in [0.3, 0.4) is 0 Å². The van der Waals surface area contributed by atoms with Crippen LogP contribution in [0.1, 0.15) is 5.56 Å². The molecule has 1 aromatic rings. The lowest BCUT2D eigenvalue weighted by Gasteiger charge is -2.35. The van der Waals surface area contributed by atoms with Gasteiger partial charge >= 0.3 is 0 Å². The minimum atomic E-state index is -0.888. The van der Waals surface area contributed by atoms with Gasteiger partial charge in [0.2, 0.25) is 5.79 Å². The van der Waals surface area contributed by atoms with Crippen LogP contribution in [0.5, 0.6) is 0 Å². The Morgan fingerprint density at radius 2 is 1.59 bits per heavy atom. The van der Waals surface area contributed by atoms with Gasteiger partial charge in [0.25, 0.3) is 0 Å². The van der Waals surface area contributed by atoms with Gasteiger partial charge in [-0.2, -0.15) is 0 Å². The molecule has 1 aliphatic heterocycles.